The fourth-order valence-electron chi connectivity index (χ4n) is 1.98. The van der Waals surface area contributed by atoms with Gasteiger partial charge < -0.3 is 10.1 Å². The van der Waals surface area contributed by atoms with Gasteiger partial charge in [-0.25, -0.2) is 0 Å². The van der Waals surface area contributed by atoms with E-state index in [-0.39, 0.29) is 5.60 Å². The fraction of sp³-hybridized carbons (Fsp3) is 0.750. The minimum absolute atomic E-state index is 0.0431. The topological polar surface area (TPSA) is 39.1 Å². The number of hydrogen-bond acceptors (Lipinski definition) is 3. The summed E-state index contributed by atoms with van der Waals surface area (Å²) < 4.78 is 7.87. The Morgan fingerprint density at radius 2 is 2.18 bits per heavy atom. The maximum Gasteiger partial charge on any atom is 0.0908 e. The van der Waals surface area contributed by atoms with Crippen LogP contribution in [-0.4, -0.2) is 28.5 Å². The van der Waals surface area contributed by atoms with Crippen LogP contribution in [0.25, 0.3) is 0 Å². The van der Waals surface area contributed by atoms with Gasteiger partial charge in [0.05, 0.1) is 28.6 Å². The van der Waals surface area contributed by atoms with Crippen molar-refractivity contribution in [2.24, 2.45) is 0 Å². The van der Waals surface area contributed by atoms with Gasteiger partial charge >= 0.3 is 0 Å². The molecule has 0 spiro atoms. The van der Waals surface area contributed by atoms with E-state index in [1.165, 1.54) is 0 Å². The first kappa shape index (κ1) is 12.9. The van der Waals surface area contributed by atoms with E-state index >= 15 is 0 Å². The lowest BCUT2D eigenvalue weighted by molar-refractivity contribution is -0.0787. The second-order valence-electron chi connectivity index (χ2n) is 4.72. The van der Waals surface area contributed by atoms with E-state index in [0.717, 1.165) is 42.5 Å². The molecule has 2 heterocycles. The molecule has 0 aromatic carbocycles. The van der Waals surface area contributed by atoms with Crippen LogP contribution >= 0.6 is 11.6 Å². The number of hydrogen-bond donors (Lipinski definition) is 1. The van der Waals surface area contributed by atoms with Crippen LogP contribution in [0.5, 0.6) is 0 Å². The second kappa shape index (κ2) is 4.96. The summed E-state index contributed by atoms with van der Waals surface area (Å²) in [5.41, 5.74) is 1.92. The summed E-state index contributed by atoms with van der Waals surface area (Å²) in [6, 6.07) is 0. The van der Waals surface area contributed by atoms with Gasteiger partial charge in [0.15, 0.2) is 0 Å². The Kier molecular flexibility index (Phi) is 3.76. The van der Waals surface area contributed by atoms with Gasteiger partial charge in [0.2, 0.25) is 0 Å². The maximum atomic E-state index is 6.32. The summed E-state index contributed by atoms with van der Waals surface area (Å²) in [6.45, 7) is 9.43. The Labute approximate surface area is 107 Å². The summed E-state index contributed by atoms with van der Waals surface area (Å²) in [7, 11) is 0. The predicted molar refractivity (Wildman–Crippen MR) is 68.4 cm³/mol. The lowest BCUT2D eigenvalue weighted by atomic mass is 10.0. The normalized spacial score (nSPS) is 18.1. The van der Waals surface area contributed by atoms with Gasteiger partial charge in [-0.2, -0.15) is 5.10 Å². The molecule has 1 aliphatic heterocycles. The average molecular weight is 258 g/mol. The third-order valence-electron chi connectivity index (χ3n) is 3.25. The molecule has 17 heavy (non-hydrogen) atoms. The first-order valence-corrected chi connectivity index (χ1v) is 6.56. The van der Waals surface area contributed by atoms with Crippen molar-refractivity contribution in [1.29, 1.82) is 0 Å². The van der Waals surface area contributed by atoms with E-state index in [9.17, 15) is 0 Å². The van der Waals surface area contributed by atoms with E-state index in [0.29, 0.717) is 6.61 Å². The van der Waals surface area contributed by atoms with Gasteiger partial charge in [0.25, 0.3) is 0 Å². The summed E-state index contributed by atoms with van der Waals surface area (Å²) in [5.74, 6) is 0. The molecule has 0 atom stereocenters. The van der Waals surface area contributed by atoms with Gasteiger partial charge in [-0.1, -0.05) is 18.5 Å². The van der Waals surface area contributed by atoms with Crippen molar-refractivity contribution in [1.82, 2.24) is 15.1 Å². The molecule has 0 bridgehead atoms. The van der Waals surface area contributed by atoms with Crippen molar-refractivity contribution in [2.45, 2.75) is 45.9 Å². The Morgan fingerprint density at radius 3 is 2.65 bits per heavy atom. The quantitative estimate of drug-likeness (QED) is 0.877. The molecule has 1 N–H and O–H groups in total. The first-order valence-electron chi connectivity index (χ1n) is 6.18. The van der Waals surface area contributed by atoms with Crippen LogP contribution in [0, 0.1) is 0 Å². The molecule has 4 nitrogen and oxygen atoms in total. The van der Waals surface area contributed by atoms with Gasteiger partial charge in [0, 0.05) is 19.6 Å². The van der Waals surface area contributed by atoms with Crippen molar-refractivity contribution in [2.75, 3.05) is 13.1 Å². The Hall–Kier alpha value is -0.580. The molecule has 0 aliphatic carbocycles. The average Bonchev–Trinajstić information content (AvgIpc) is 2.60. The summed E-state index contributed by atoms with van der Waals surface area (Å²) >= 11 is 6.32. The van der Waals surface area contributed by atoms with E-state index in [4.69, 9.17) is 16.3 Å². The minimum atomic E-state index is -0.0431. The molecule has 5 heteroatoms. The van der Waals surface area contributed by atoms with E-state index in [2.05, 4.69) is 31.2 Å². The zero-order valence-corrected chi connectivity index (χ0v) is 11.5. The SMILES string of the molecule is CCc1nn(CC)c(COC2(C)CNC2)c1Cl. The third-order valence-corrected chi connectivity index (χ3v) is 3.69. The van der Waals surface area contributed by atoms with Gasteiger partial charge in [-0.3, -0.25) is 4.68 Å². The standard InChI is InChI=1S/C12H20ClN3O/c1-4-9-11(13)10(16(5-2)15-9)6-17-12(3)7-14-8-12/h14H,4-8H2,1-3H3. The number of rotatable bonds is 5. The van der Waals surface area contributed by atoms with E-state index < -0.39 is 0 Å². The Morgan fingerprint density at radius 1 is 1.47 bits per heavy atom. The second-order valence-corrected chi connectivity index (χ2v) is 5.10. The number of halogens is 1. The molecule has 1 saturated heterocycles. The van der Waals surface area contributed by atoms with E-state index in [1.54, 1.807) is 0 Å². The number of nitrogens with one attached hydrogen (secondary N) is 1. The number of aryl methyl sites for hydroxylation is 2. The van der Waals surface area contributed by atoms with Gasteiger partial charge in [0.1, 0.15) is 0 Å². The highest BCUT2D eigenvalue weighted by Gasteiger charge is 2.33. The van der Waals surface area contributed by atoms with Crippen LogP contribution in [0.4, 0.5) is 0 Å². The maximum absolute atomic E-state index is 6.32. The summed E-state index contributed by atoms with van der Waals surface area (Å²) in [4.78, 5) is 0. The zero-order valence-electron chi connectivity index (χ0n) is 10.7. The van der Waals surface area contributed by atoms with Crippen molar-refractivity contribution >= 4 is 11.6 Å². The summed E-state index contributed by atoms with van der Waals surface area (Å²) in [6.07, 6.45) is 0.859. The van der Waals surface area contributed by atoms with E-state index in [1.807, 2.05) is 4.68 Å². The van der Waals surface area contributed by atoms with Crippen LogP contribution < -0.4 is 5.32 Å². The molecule has 1 aromatic heterocycles. The van der Waals surface area contributed by atoms with Crippen LogP contribution in [0.15, 0.2) is 0 Å². The smallest absolute Gasteiger partial charge is 0.0908 e. The molecule has 1 aromatic rings. The zero-order chi connectivity index (χ0) is 12.5. The molecule has 0 saturated carbocycles. The number of ether oxygens (including phenoxy) is 1. The van der Waals surface area contributed by atoms with Crippen LogP contribution in [-0.2, 0) is 24.3 Å². The minimum Gasteiger partial charge on any atom is -0.366 e. The molecule has 1 fully saturated rings. The number of aromatic nitrogens is 2. The highest BCUT2D eigenvalue weighted by Crippen LogP contribution is 2.25. The van der Waals surface area contributed by atoms with Crippen LogP contribution in [0.2, 0.25) is 5.02 Å². The lowest BCUT2D eigenvalue weighted by Crippen LogP contribution is -2.58. The molecular weight excluding hydrogens is 238 g/mol. The Bertz CT molecular complexity index is 399. The number of nitrogens with zero attached hydrogens (tertiary/aromatic N) is 2. The van der Waals surface area contributed by atoms with Crippen molar-refractivity contribution < 1.29 is 4.74 Å². The molecule has 1 aliphatic rings. The monoisotopic (exact) mass is 257 g/mol. The Balaban J connectivity index is 2.10. The van der Waals surface area contributed by atoms with Crippen LogP contribution in [0.1, 0.15) is 32.2 Å². The molecule has 0 amide bonds. The predicted octanol–water partition coefficient (Wildman–Crippen LogP) is 2.00. The summed E-state index contributed by atoms with van der Waals surface area (Å²) in [5, 5.41) is 8.47. The molecule has 0 radical (unpaired) electrons. The first-order chi connectivity index (χ1) is 8.09. The highest BCUT2D eigenvalue weighted by molar-refractivity contribution is 6.31. The fourth-order valence-corrected chi connectivity index (χ4v) is 2.30. The molecular formula is C12H20ClN3O. The molecule has 2 rings (SSSR count). The molecule has 0 unspecified atom stereocenters. The lowest BCUT2D eigenvalue weighted by Gasteiger charge is -2.39. The largest absolute Gasteiger partial charge is 0.366 e. The highest BCUT2D eigenvalue weighted by atomic mass is 35.5. The third kappa shape index (κ3) is 2.49. The molecule has 96 valence electrons. The van der Waals surface area contributed by atoms with Crippen LogP contribution in [0.3, 0.4) is 0 Å². The van der Waals surface area contributed by atoms with Crippen molar-refractivity contribution in [3.63, 3.8) is 0 Å². The van der Waals surface area contributed by atoms with Crippen molar-refractivity contribution in [3.8, 4) is 0 Å². The van der Waals surface area contributed by atoms with Crippen molar-refractivity contribution in [3.05, 3.63) is 16.4 Å². The van der Waals surface area contributed by atoms with Gasteiger partial charge in [-0.15, -0.1) is 0 Å². The van der Waals surface area contributed by atoms with Gasteiger partial charge in [-0.05, 0) is 20.3 Å².